The van der Waals surface area contributed by atoms with Crippen molar-refractivity contribution in [3.05, 3.63) is 0 Å². The molecule has 0 spiro atoms. The van der Waals surface area contributed by atoms with Gasteiger partial charge in [-0.25, -0.2) is 0 Å². The monoisotopic (exact) mass is 156 g/mol. The second kappa shape index (κ2) is 4.10. The molecule has 1 nitrogen and oxygen atoms in total. The molecule has 0 aromatic rings. The Hall–Kier alpha value is -0.0400. The average Bonchev–Trinajstić information content (AvgIpc) is 2.04. The largest absolute Gasteiger partial charge is 0.378 e. The molecule has 1 aliphatic heterocycles. The summed E-state index contributed by atoms with van der Waals surface area (Å²) in [6.45, 7) is 7.84. The lowest BCUT2D eigenvalue weighted by molar-refractivity contribution is -0.0514. The Bertz CT molecular complexity index is 107. The molecule has 0 radical (unpaired) electrons. The molecule has 1 saturated heterocycles. The van der Waals surface area contributed by atoms with Gasteiger partial charge in [-0.05, 0) is 24.7 Å². The van der Waals surface area contributed by atoms with E-state index >= 15 is 0 Å². The van der Waals surface area contributed by atoms with Crippen LogP contribution in [0.4, 0.5) is 0 Å². The summed E-state index contributed by atoms with van der Waals surface area (Å²) in [6, 6.07) is 0. The Labute approximate surface area is 70.1 Å². The third-order valence-corrected chi connectivity index (χ3v) is 2.88. The molecule has 1 heterocycles. The molecule has 66 valence electrons. The topological polar surface area (TPSA) is 9.23 Å². The molecule has 0 bridgehead atoms. The van der Waals surface area contributed by atoms with Crippen molar-refractivity contribution in [2.24, 2.45) is 11.8 Å². The summed E-state index contributed by atoms with van der Waals surface area (Å²) in [5.41, 5.74) is 0. The Morgan fingerprint density at radius 1 is 1.55 bits per heavy atom. The molecular weight excluding hydrogens is 136 g/mol. The van der Waals surface area contributed by atoms with Crippen LogP contribution in [0.15, 0.2) is 0 Å². The maximum absolute atomic E-state index is 5.74. The van der Waals surface area contributed by atoms with E-state index in [0.29, 0.717) is 6.10 Å². The number of hydrogen-bond acceptors (Lipinski definition) is 1. The van der Waals surface area contributed by atoms with Crippen LogP contribution in [0.5, 0.6) is 0 Å². The molecule has 3 atom stereocenters. The molecule has 1 heteroatoms. The number of hydrogen-bond donors (Lipinski definition) is 0. The van der Waals surface area contributed by atoms with Crippen molar-refractivity contribution in [1.29, 1.82) is 0 Å². The summed E-state index contributed by atoms with van der Waals surface area (Å²) in [7, 11) is 0. The highest BCUT2D eigenvalue weighted by atomic mass is 16.5. The highest BCUT2D eigenvalue weighted by Crippen LogP contribution is 2.27. The minimum atomic E-state index is 0.536. The summed E-state index contributed by atoms with van der Waals surface area (Å²) in [6.07, 6.45) is 4.40. The predicted octanol–water partition coefficient (Wildman–Crippen LogP) is 2.85. The summed E-state index contributed by atoms with van der Waals surface area (Å²) >= 11 is 0. The fourth-order valence-corrected chi connectivity index (χ4v) is 1.91. The van der Waals surface area contributed by atoms with Crippen LogP contribution in [0.25, 0.3) is 0 Å². The van der Waals surface area contributed by atoms with Gasteiger partial charge in [0, 0.05) is 6.61 Å². The van der Waals surface area contributed by atoms with E-state index in [1.54, 1.807) is 0 Å². The normalized spacial score (nSPS) is 35.2. The molecule has 1 rings (SSSR count). The van der Waals surface area contributed by atoms with Gasteiger partial charge in [0.15, 0.2) is 0 Å². The van der Waals surface area contributed by atoms with Crippen molar-refractivity contribution in [1.82, 2.24) is 0 Å². The van der Waals surface area contributed by atoms with E-state index in [1.165, 1.54) is 19.3 Å². The van der Waals surface area contributed by atoms with Gasteiger partial charge in [-0.1, -0.05) is 27.2 Å². The van der Waals surface area contributed by atoms with E-state index in [0.717, 1.165) is 18.4 Å². The van der Waals surface area contributed by atoms with Gasteiger partial charge in [-0.15, -0.1) is 0 Å². The van der Waals surface area contributed by atoms with Crippen molar-refractivity contribution in [2.75, 3.05) is 6.61 Å². The van der Waals surface area contributed by atoms with Gasteiger partial charge in [0.1, 0.15) is 0 Å². The van der Waals surface area contributed by atoms with Gasteiger partial charge < -0.3 is 4.74 Å². The highest BCUT2D eigenvalue weighted by molar-refractivity contribution is 4.75. The molecule has 0 saturated carbocycles. The predicted molar refractivity (Wildman–Crippen MR) is 47.6 cm³/mol. The lowest BCUT2D eigenvalue weighted by atomic mass is 9.87. The molecule has 0 aliphatic carbocycles. The molecule has 0 amide bonds. The lowest BCUT2D eigenvalue weighted by Gasteiger charge is -2.33. The van der Waals surface area contributed by atoms with Crippen LogP contribution in [0, 0.1) is 11.8 Å². The van der Waals surface area contributed by atoms with E-state index in [1.807, 2.05) is 0 Å². The molecular formula is C10H20O. The second-order valence-electron chi connectivity index (χ2n) is 3.84. The minimum absolute atomic E-state index is 0.536. The fraction of sp³-hybridized carbons (Fsp3) is 1.00. The Balaban J connectivity index is 2.40. The van der Waals surface area contributed by atoms with Gasteiger partial charge in [-0.2, -0.15) is 0 Å². The zero-order valence-electron chi connectivity index (χ0n) is 7.97. The van der Waals surface area contributed by atoms with Crippen LogP contribution in [-0.4, -0.2) is 12.7 Å². The van der Waals surface area contributed by atoms with Crippen molar-refractivity contribution in [2.45, 2.75) is 46.1 Å². The summed E-state index contributed by atoms with van der Waals surface area (Å²) < 4.78 is 5.74. The zero-order valence-corrected chi connectivity index (χ0v) is 7.97. The first-order valence-electron chi connectivity index (χ1n) is 4.87. The van der Waals surface area contributed by atoms with Gasteiger partial charge in [0.2, 0.25) is 0 Å². The standard InChI is InChI=1S/C10H20O/c1-4-8(2)10-9(3)6-5-7-11-10/h8-10H,4-7H2,1-3H3/t8?,9-,10+/m1/s1. The summed E-state index contributed by atoms with van der Waals surface area (Å²) in [5.74, 6) is 1.52. The van der Waals surface area contributed by atoms with Crippen molar-refractivity contribution < 1.29 is 4.74 Å². The smallest absolute Gasteiger partial charge is 0.0626 e. The van der Waals surface area contributed by atoms with E-state index in [2.05, 4.69) is 20.8 Å². The first-order valence-corrected chi connectivity index (χ1v) is 4.87. The molecule has 1 fully saturated rings. The van der Waals surface area contributed by atoms with Crippen LogP contribution in [0.1, 0.15) is 40.0 Å². The highest BCUT2D eigenvalue weighted by Gasteiger charge is 2.25. The van der Waals surface area contributed by atoms with E-state index < -0.39 is 0 Å². The van der Waals surface area contributed by atoms with Gasteiger partial charge in [0.05, 0.1) is 6.10 Å². The molecule has 0 N–H and O–H groups in total. The summed E-state index contributed by atoms with van der Waals surface area (Å²) in [4.78, 5) is 0. The van der Waals surface area contributed by atoms with Crippen LogP contribution in [-0.2, 0) is 4.74 Å². The third-order valence-electron chi connectivity index (χ3n) is 2.88. The first-order chi connectivity index (χ1) is 5.25. The first kappa shape index (κ1) is 9.05. The van der Waals surface area contributed by atoms with Crippen molar-refractivity contribution in [3.63, 3.8) is 0 Å². The van der Waals surface area contributed by atoms with Gasteiger partial charge >= 0.3 is 0 Å². The van der Waals surface area contributed by atoms with Crippen LogP contribution < -0.4 is 0 Å². The van der Waals surface area contributed by atoms with E-state index in [9.17, 15) is 0 Å². The van der Waals surface area contributed by atoms with Gasteiger partial charge in [0.25, 0.3) is 0 Å². The molecule has 1 aliphatic rings. The van der Waals surface area contributed by atoms with Crippen molar-refractivity contribution in [3.8, 4) is 0 Å². The number of ether oxygens (including phenoxy) is 1. The Morgan fingerprint density at radius 2 is 2.27 bits per heavy atom. The van der Waals surface area contributed by atoms with Crippen LogP contribution in [0.3, 0.4) is 0 Å². The number of rotatable bonds is 2. The SMILES string of the molecule is CCC(C)[C@@H]1OCCC[C@H]1C. The van der Waals surface area contributed by atoms with E-state index in [-0.39, 0.29) is 0 Å². The van der Waals surface area contributed by atoms with E-state index in [4.69, 9.17) is 4.74 Å². The Kier molecular flexibility index (Phi) is 3.38. The minimum Gasteiger partial charge on any atom is -0.378 e. The molecule has 11 heavy (non-hydrogen) atoms. The quantitative estimate of drug-likeness (QED) is 0.597. The third kappa shape index (κ3) is 2.19. The van der Waals surface area contributed by atoms with Crippen molar-refractivity contribution >= 4 is 0 Å². The van der Waals surface area contributed by atoms with Crippen LogP contribution >= 0.6 is 0 Å². The molecule has 0 aromatic carbocycles. The van der Waals surface area contributed by atoms with Gasteiger partial charge in [-0.3, -0.25) is 0 Å². The maximum Gasteiger partial charge on any atom is 0.0626 e. The summed E-state index contributed by atoms with van der Waals surface area (Å²) in [5, 5.41) is 0. The average molecular weight is 156 g/mol. The maximum atomic E-state index is 5.74. The second-order valence-corrected chi connectivity index (χ2v) is 3.84. The van der Waals surface area contributed by atoms with Crippen LogP contribution in [0.2, 0.25) is 0 Å². The fourth-order valence-electron chi connectivity index (χ4n) is 1.91. The Morgan fingerprint density at radius 3 is 2.82 bits per heavy atom. The lowest BCUT2D eigenvalue weighted by Crippen LogP contribution is -2.33. The zero-order chi connectivity index (χ0) is 8.27. The molecule has 0 aromatic heterocycles. The molecule has 1 unspecified atom stereocenters.